The third-order valence-electron chi connectivity index (χ3n) is 6.18. The Labute approximate surface area is 104 Å². The van der Waals surface area contributed by atoms with Gasteiger partial charge in [-0.15, -0.1) is 0 Å². The molecular formula is C15H25NO. The van der Waals surface area contributed by atoms with E-state index in [0.29, 0.717) is 5.41 Å². The Morgan fingerprint density at radius 3 is 1.76 bits per heavy atom. The van der Waals surface area contributed by atoms with E-state index in [4.69, 9.17) is 5.73 Å². The van der Waals surface area contributed by atoms with Gasteiger partial charge in [-0.05, 0) is 81.0 Å². The molecule has 0 heterocycles. The normalized spacial score (nSPS) is 60.4. The van der Waals surface area contributed by atoms with E-state index in [2.05, 4.69) is 0 Å². The van der Waals surface area contributed by atoms with Crippen molar-refractivity contribution in [1.29, 1.82) is 0 Å². The maximum absolute atomic E-state index is 9.52. The van der Waals surface area contributed by atoms with Crippen LogP contribution in [0.5, 0.6) is 0 Å². The first-order chi connectivity index (χ1) is 8.04. The molecule has 0 unspecified atom stereocenters. The molecule has 5 saturated carbocycles. The summed E-state index contributed by atoms with van der Waals surface area (Å²) >= 11 is 0. The fraction of sp³-hybridized carbons (Fsp3) is 1.00. The second-order valence-electron chi connectivity index (χ2n) is 8.02. The molecule has 4 bridgehead atoms. The molecular weight excluding hydrogens is 210 g/mol. The van der Waals surface area contributed by atoms with Crippen molar-refractivity contribution in [2.24, 2.45) is 28.9 Å². The van der Waals surface area contributed by atoms with Crippen LogP contribution in [0.3, 0.4) is 0 Å². The summed E-state index contributed by atoms with van der Waals surface area (Å²) in [5, 5.41) is 9.52. The standard InChI is InChI=1S/C15H25NO/c16-15(7-13(17)8-15)9-14-4-10-1-11(5-14)3-12(2-10)6-14/h10-13,17H,1-9,16H2. The predicted octanol–water partition coefficient (Wildman–Crippen LogP) is 2.45. The summed E-state index contributed by atoms with van der Waals surface area (Å²) in [5.74, 6) is 3.07. The van der Waals surface area contributed by atoms with Crippen LogP contribution in [0.25, 0.3) is 0 Å². The molecule has 0 saturated heterocycles. The molecule has 0 aromatic heterocycles. The Balaban J connectivity index is 1.53. The van der Waals surface area contributed by atoms with E-state index in [1.54, 1.807) is 0 Å². The SMILES string of the molecule is NC1(CC23CC4CC(CC(C4)C2)C3)CC(O)C1. The van der Waals surface area contributed by atoms with E-state index < -0.39 is 0 Å². The number of hydrogen-bond donors (Lipinski definition) is 2. The average molecular weight is 235 g/mol. The minimum absolute atomic E-state index is 0.00884. The molecule has 5 aliphatic carbocycles. The molecule has 5 rings (SSSR count). The van der Waals surface area contributed by atoms with Crippen molar-refractivity contribution < 1.29 is 5.11 Å². The van der Waals surface area contributed by atoms with Crippen LogP contribution >= 0.6 is 0 Å². The highest BCUT2D eigenvalue weighted by atomic mass is 16.3. The average Bonchev–Trinajstić information content (AvgIpc) is 2.10. The molecule has 0 radical (unpaired) electrons. The first kappa shape index (κ1) is 10.8. The molecule has 96 valence electrons. The summed E-state index contributed by atoms with van der Waals surface area (Å²) < 4.78 is 0. The van der Waals surface area contributed by atoms with Crippen molar-refractivity contribution in [3.63, 3.8) is 0 Å². The molecule has 2 heteroatoms. The number of hydrogen-bond acceptors (Lipinski definition) is 2. The van der Waals surface area contributed by atoms with Crippen LogP contribution in [-0.4, -0.2) is 16.7 Å². The minimum atomic E-state index is -0.103. The lowest BCUT2D eigenvalue weighted by atomic mass is 9.46. The Kier molecular flexibility index (Phi) is 2.08. The predicted molar refractivity (Wildman–Crippen MR) is 67.4 cm³/mol. The largest absolute Gasteiger partial charge is 0.393 e. The lowest BCUT2D eigenvalue weighted by molar-refractivity contribution is -0.0899. The third-order valence-corrected chi connectivity index (χ3v) is 6.18. The zero-order valence-corrected chi connectivity index (χ0v) is 10.7. The summed E-state index contributed by atoms with van der Waals surface area (Å²) in [6.07, 6.45) is 11.7. The fourth-order valence-corrected chi connectivity index (χ4v) is 6.28. The molecule has 0 amide bonds. The van der Waals surface area contributed by atoms with Crippen molar-refractivity contribution in [1.82, 2.24) is 0 Å². The van der Waals surface area contributed by atoms with Crippen molar-refractivity contribution in [2.45, 2.75) is 69.4 Å². The van der Waals surface area contributed by atoms with Gasteiger partial charge in [0, 0.05) is 5.54 Å². The number of aliphatic hydroxyl groups excluding tert-OH is 1. The zero-order chi connectivity index (χ0) is 11.7. The van der Waals surface area contributed by atoms with Gasteiger partial charge in [-0.25, -0.2) is 0 Å². The van der Waals surface area contributed by atoms with E-state index in [-0.39, 0.29) is 11.6 Å². The summed E-state index contributed by atoms with van der Waals surface area (Å²) in [4.78, 5) is 0. The summed E-state index contributed by atoms with van der Waals surface area (Å²) in [6, 6.07) is 0. The highest BCUT2D eigenvalue weighted by molar-refractivity contribution is 5.08. The Bertz CT molecular complexity index is 297. The van der Waals surface area contributed by atoms with Crippen LogP contribution in [0.15, 0.2) is 0 Å². The van der Waals surface area contributed by atoms with E-state index in [9.17, 15) is 5.11 Å². The van der Waals surface area contributed by atoms with E-state index in [0.717, 1.165) is 30.6 Å². The molecule has 17 heavy (non-hydrogen) atoms. The van der Waals surface area contributed by atoms with Crippen molar-refractivity contribution in [3.05, 3.63) is 0 Å². The van der Waals surface area contributed by atoms with Crippen molar-refractivity contribution >= 4 is 0 Å². The van der Waals surface area contributed by atoms with Crippen LogP contribution in [-0.2, 0) is 0 Å². The van der Waals surface area contributed by atoms with Crippen LogP contribution in [0, 0.1) is 23.2 Å². The quantitative estimate of drug-likeness (QED) is 0.772. The van der Waals surface area contributed by atoms with Crippen LogP contribution < -0.4 is 5.73 Å². The van der Waals surface area contributed by atoms with Gasteiger partial charge in [-0.1, -0.05) is 0 Å². The minimum Gasteiger partial charge on any atom is -0.393 e. The second-order valence-corrected chi connectivity index (χ2v) is 8.02. The fourth-order valence-electron chi connectivity index (χ4n) is 6.28. The first-order valence-corrected chi connectivity index (χ1v) is 7.51. The summed E-state index contributed by atoms with van der Waals surface area (Å²) in [7, 11) is 0. The lowest BCUT2D eigenvalue weighted by Gasteiger charge is -2.60. The monoisotopic (exact) mass is 235 g/mol. The zero-order valence-electron chi connectivity index (χ0n) is 10.7. The Morgan fingerprint density at radius 1 is 0.882 bits per heavy atom. The van der Waals surface area contributed by atoms with Crippen molar-refractivity contribution in [2.75, 3.05) is 0 Å². The van der Waals surface area contributed by atoms with Gasteiger partial charge in [0.05, 0.1) is 6.10 Å². The van der Waals surface area contributed by atoms with Gasteiger partial charge in [-0.3, -0.25) is 0 Å². The molecule has 5 fully saturated rings. The van der Waals surface area contributed by atoms with Gasteiger partial charge < -0.3 is 10.8 Å². The van der Waals surface area contributed by atoms with Crippen LogP contribution in [0.4, 0.5) is 0 Å². The van der Waals surface area contributed by atoms with Gasteiger partial charge in [0.15, 0.2) is 0 Å². The van der Waals surface area contributed by atoms with E-state index >= 15 is 0 Å². The van der Waals surface area contributed by atoms with E-state index in [1.807, 2.05) is 0 Å². The Morgan fingerprint density at radius 2 is 1.35 bits per heavy atom. The molecule has 5 aliphatic rings. The van der Waals surface area contributed by atoms with Gasteiger partial charge in [-0.2, -0.15) is 0 Å². The van der Waals surface area contributed by atoms with Crippen LogP contribution in [0.1, 0.15) is 57.8 Å². The maximum Gasteiger partial charge on any atom is 0.0575 e. The smallest absolute Gasteiger partial charge is 0.0575 e. The second kappa shape index (κ2) is 3.27. The maximum atomic E-state index is 9.52. The van der Waals surface area contributed by atoms with Gasteiger partial charge in [0.2, 0.25) is 0 Å². The Hall–Kier alpha value is -0.0800. The third kappa shape index (κ3) is 1.67. The molecule has 2 nitrogen and oxygen atoms in total. The number of aliphatic hydroxyl groups is 1. The van der Waals surface area contributed by atoms with Gasteiger partial charge in [0.25, 0.3) is 0 Å². The molecule has 0 aromatic carbocycles. The van der Waals surface area contributed by atoms with Gasteiger partial charge >= 0.3 is 0 Å². The molecule has 3 N–H and O–H groups in total. The molecule has 0 aliphatic heterocycles. The van der Waals surface area contributed by atoms with Gasteiger partial charge in [0.1, 0.15) is 0 Å². The number of nitrogens with two attached hydrogens (primary N) is 1. The number of rotatable bonds is 2. The first-order valence-electron chi connectivity index (χ1n) is 7.51. The topological polar surface area (TPSA) is 46.2 Å². The highest BCUT2D eigenvalue weighted by Crippen LogP contribution is 2.63. The highest BCUT2D eigenvalue weighted by Gasteiger charge is 2.54. The summed E-state index contributed by atoms with van der Waals surface area (Å²) in [5.41, 5.74) is 7.03. The molecule has 0 spiro atoms. The van der Waals surface area contributed by atoms with Crippen LogP contribution in [0.2, 0.25) is 0 Å². The van der Waals surface area contributed by atoms with E-state index in [1.165, 1.54) is 44.9 Å². The molecule has 0 aromatic rings. The lowest BCUT2D eigenvalue weighted by Crippen LogP contribution is -2.59. The van der Waals surface area contributed by atoms with Crippen molar-refractivity contribution in [3.8, 4) is 0 Å². The summed E-state index contributed by atoms with van der Waals surface area (Å²) in [6.45, 7) is 0. The molecule has 0 atom stereocenters.